The summed E-state index contributed by atoms with van der Waals surface area (Å²) in [5, 5.41) is 8.44. The van der Waals surface area contributed by atoms with Crippen LogP contribution >= 0.6 is 34.8 Å². The molecular formula is C14H13Cl3F3N3O3. The quantitative estimate of drug-likeness (QED) is 0.673. The number of anilines is 1. The van der Waals surface area contributed by atoms with Crippen LogP contribution in [0.4, 0.5) is 18.9 Å². The zero-order valence-corrected chi connectivity index (χ0v) is 15.4. The Hall–Kier alpha value is -1.68. The van der Waals surface area contributed by atoms with Gasteiger partial charge < -0.3 is 15.6 Å². The Morgan fingerprint density at radius 3 is 2.42 bits per heavy atom. The standard InChI is InChI=1S/C7H8Cl2N2O3.C7H5ClF3N/c1-2-14-3-11-5(9)4(8)10-6(11)7(12)13;8-6-2-1-4(12)3-5(6)7(9,10)11/h2-3H2,1H3,(H,12,13);1-3H,12H2. The van der Waals surface area contributed by atoms with Gasteiger partial charge in [0.1, 0.15) is 11.9 Å². The Kier molecular flexibility index (Phi) is 8.01. The van der Waals surface area contributed by atoms with Crippen molar-refractivity contribution in [2.75, 3.05) is 12.3 Å². The highest BCUT2D eigenvalue weighted by Gasteiger charge is 2.33. The SMILES string of the molecule is CCOCn1c(C(=O)O)nc(Cl)c1Cl.Nc1ccc(Cl)c(C(F)(F)F)c1. The van der Waals surface area contributed by atoms with Crippen molar-refractivity contribution in [2.24, 2.45) is 0 Å². The van der Waals surface area contributed by atoms with E-state index in [0.29, 0.717) is 6.61 Å². The fraction of sp³-hybridized carbons (Fsp3) is 0.286. The number of benzene rings is 1. The van der Waals surface area contributed by atoms with Gasteiger partial charge in [0.25, 0.3) is 0 Å². The number of carboxylic acid groups (broad SMARTS) is 1. The van der Waals surface area contributed by atoms with Crippen molar-refractivity contribution in [3.63, 3.8) is 0 Å². The van der Waals surface area contributed by atoms with Crippen molar-refractivity contribution in [2.45, 2.75) is 19.8 Å². The molecule has 2 rings (SSSR count). The van der Waals surface area contributed by atoms with E-state index in [1.807, 2.05) is 0 Å². The largest absolute Gasteiger partial charge is 0.475 e. The van der Waals surface area contributed by atoms with Crippen LogP contribution in [0.25, 0.3) is 0 Å². The predicted molar refractivity (Wildman–Crippen MR) is 91.7 cm³/mol. The van der Waals surface area contributed by atoms with Gasteiger partial charge in [-0.2, -0.15) is 13.2 Å². The number of hydrogen-bond donors (Lipinski definition) is 2. The highest BCUT2D eigenvalue weighted by molar-refractivity contribution is 6.40. The molecule has 1 aromatic carbocycles. The average molecular weight is 435 g/mol. The van der Waals surface area contributed by atoms with Crippen LogP contribution in [0.15, 0.2) is 18.2 Å². The van der Waals surface area contributed by atoms with E-state index in [1.165, 1.54) is 10.6 Å². The van der Waals surface area contributed by atoms with E-state index in [9.17, 15) is 18.0 Å². The molecule has 0 saturated heterocycles. The molecule has 0 amide bonds. The minimum absolute atomic E-state index is 0.0245. The van der Waals surface area contributed by atoms with E-state index in [2.05, 4.69) is 4.98 Å². The van der Waals surface area contributed by atoms with Gasteiger partial charge in [0.05, 0.1) is 10.6 Å². The molecule has 1 heterocycles. The Balaban J connectivity index is 0.000000263. The number of aromatic nitrogens is 2. The Morgan fingerprint density at radius 2 is 1.96 bits per heavy atom. The van der Waals surface area contributed by atoms with Crippen LogP contribution in [0.1, 0.15) is 23.1 Å². The number of ether oxygens (including phenoxy) is 1. The molecule has 0 radical (unpaired) electrons. The van der Waals surface area contributed by atoms with Gasteiger partial charge in [0, 0.05) is 12.3 Å². The molecule has 2 aromatic rings. The third-order valence-electron chi connectivity index (χ3n) is 2.78. The Bertz CT molecular complexity index is 782. The predicted octanol–water partition coefficient (Wildman–Crippen LogP) is 4.82. The first-order chi connectivity index (χ1) is 12.0. The van der Waals surface area contributed by atoms with Crippen LogP contribution < -0.4 is 5.73 Å². The van der Waals surface area contributed by atoms with E-state index in [1.54, 1.807) is 6.92 Å². The maximum absolute atomic E-state index is 12.1. The average Bonchev–Trinajstić information content (AvgIpc) is 2.83. The first-order valence-corrected chi connectivity index (χ1v) is 7.97. The number of carboxylic acids is 1. The number of halogens is 6. The van der Waals surface area contributed by atoms with Crippen LogP contribution in [-0.2, 0) is 17.6 Å². The molecule has 144 valence electrons. The summed E-state index contributed by atoms with van der Waals surface area (Å²) < 4.78 is 42.5. The summed E-state index contributed by atoms with van der Waals surface area (Å²) in [6.07, 6.45) is -4.44. The van der Waals surface area contributed by atoms with E-state index < -0.39 is 17.7 Å². The number of imidazole rings is 1. The lowest BCUT2D eigenvalue weighted by molar-refractivity contribution is -0.137. The molecular weight excluding hydrogens is 422 g/mol. The molecule has 0 fully saturated rings. The third-order valence-corrected chi connectivity index (χ3v) is 3.85. The second kappa shape index (κ2) is 9.31. The van der Waals surface area contributed by atoms with Crippen molar-refractivity contribution >= 4 is 46.5 Å². The number of rotatable bonds is 4. The smallest absolute Gasteiger partial charge is 0.417 e. The first kappa shape index (κ1) is 22.4. The van der Waals surface area contributed by atoms with Gasteiger partial charge in [-0.15, -0.1) is 0 Å². The van der Waals surface area contributed by atoms with Gasteiger partial charge in [0.15, 0.2) is 5.15 Å². The maximum Gasteiger partial charge on any atom is 0.417 e. The van der Waals surface area contributed by atoms with Gasteiger partial charge in [0.2, 0.25) is 5.82 Å². The fourth-order valence-corrected chi connectivity index (χ4v) is 2.21. The fourth-order valence-electron chi connectivity index (χ4n) is 1.63. The molecule has 0 aliphatic carbocycles. The van der Waals surface area contributed by atoms with Crippen molar-refractivity contribution in [1.82, 2.24) is 9.55 Å². The van der Waals surface area contributed by atoms with Crippen LogP contribution in [0.5, 0.6) is 0 Å². The molecule has 0 atom stereocenters. The summed E-state index contributed by atoms with van der Waals surface area (Å²) in [5.41, 5.74) is 4.31. The summed E-state index contributed by atoms with van der Waals surface area (Å²) >= 11 is 16.6. The molecule has 6 nitrogen and oxygen atoms in total. The van der Waals surface area contributed by atoms with Gasteiger partial charge in [-0.25, -0.2) is 9.78 Å². The topological polar surface area (TPSA) is 90.4 Å². The first-order valence-electron chi connectivity index (χ1n) is 6.83. The zero-order chi connectivity index (χ0) is 20.1. The monoisotopic (exact) mass is 433 g/mol. The van der Waals surface area contributed by atoms with E-state index in [0.717, 1.165) is 12.1 Å². The van der Waals surface area contributed by atoms with Crippen molar-refractivity contribution in [3.8, 4) is 0 Å². The number of hydrogen-bond acceptors (Lipinski definition) is 4. The van der Waals surface area contributed by atoms with E-state index >= 15 is 0 Å². The lowest BCUT2D eigenvalue weighted by atomic mass is 10.2. The summed E-state index contributed by atoms with van der Waals surface area (Å²) in [4.78, 5) is 14.3. The summed E-state index contributed by atoms with van der Waals surface area (Å²) in [5.74, 6) is -1.42. The number of alkyl halides is 3. The lowest BCUT2D eigenvalue weighted by Gasteiger charge is -2.08. The number of nitrogens with two attached hydrogens (primary N) is 1. The minimum Gasteiger partial charge on any atom is -0.475 e. The molecule has 1 aromatic heterocycles. The molecule has 3 N–H and O–H groups in total. The second-order valence-corrected chi connectivity index (χ2v) is 5.73. The normalized spacial score (nSPS) is 11.0. The number of nitrogens with zero attached hydrogens (tertiary/aromatic N) is 2. The van der Waals surface area contributed by atoms with Crippen LogP contribution in [0.2, 0.25) is 15.3 Å². The number of nitrogen functional groups attached to an aromatic ring is 1. The van der Waals surface area contributed by atoms with Crippen LogP contribution in [-0.4, -0.2) is 27.2 Å². The summed E-state index contributed by atoms with van der Waals surface area (Å²) in [6.45, 7) is 2.26. The molecule has 0 saturated carbocycles. The van der Waals surface area contributed by atoms with Crippen molar-refractivity contribution in [1.29, 1.82) is 0 Å². The van der Waals surface area contributed by atoms with Crippen LogP contribution in [0.3, 0.4) is 0 Å². The third kappa shape index (κ3) is 5.94. The van der Waals surface area contributed by atoms with Gasteiger partial charge >= 0.3 is 12.1 Å². The second-order valence-electron chi connectivity index (χ2n) is 4.61. The Labute approximate surface area is 161 Å². The van der Waals surface area contributed by atoms with Crippen molar-refractivity contribution in [3.05, 3.63) is 44.9 Å². The maximum atomic E-state index is 12.1. The molecule has 0 aliphatic heterocycles. The molecule has 0 spiro atoms. The van der Waals surface area contributed by atoms with Gasteiger partial charge in [-0.1, -0.05) is 34.8 Å². The molecule has 0 aliphatic rings. The Morgan fingerprint density at radius 1 is 1.35 bits per heavy atom. The van der Waals surface area contributed by atoms with Gasteiger partial charge in [-0.05, 0) is 25.1 Å². The minimum atomic E-state index is -4.44. The van der Waals surface area contributed by atoms with Crippen molar-refractivity contribution < 1.29 is 27.8 Å². The summed E-state index contributed by atoms with van der Waals surface area (Å²) in [6, 6.07) is 3.25. The molecule has 0 unspecified atom stereocenters. The molecule has 12 heteroatoms. The van der Waals surface area contributed by atoms with E-state index in [4.69, 9.17) is 50.4 Å². The van der Waals surface area contributed by atoms with E-state index in [-0.39, 0.29) is 33.6 Å². The number of carbonyl (C=O) groups is 1. The highest BCUT2D eigenvalue weighted by Crippen LogP contribution is 2.35. The highest BCUT2D eigenvalue weighted by atomic mass is 35.5. The summed E-state index contributed by atoms with van der Waals surface area (Å²) in [7, 11) is 0. The lowest BCUT2D eigenvalue weighted by Crippen LogP contribution is -2.11. The molecule has 0 bridgehead atoms. The molecule has 26 heavy (non-hydrogen) atoms. The van der Waals surface area contributed by atoms with Crippen LogP contribution in [0, 0.1) is 0 Å². The number of aromatic carboxylic acids is 1. The van der Waals surface area contributed by atoms with Gasteiger partial charge in [-0.3, -0.25) is 4.57 Å². The zero-order valence-electron chi connectivity index (χ0n) is 13.1.